The maximum absolute atomic E-state index is 11.3. The number of hydrogen-bond donors (Lipinski definition) is 0. The Balaban J connectivity index is 2.12. The standard InChI is InChI=1S/C11H16O/c12-10-5-4-8-11(9-10)6-2-1-3-7-11/h2,6H,1,3-5,7-9H2/t11-/m0/s1. The average Bonchev–Trinajstić information content (AvgIpc) is 2.05. The highest BCUT2D eigenvalue weighted by atomic mass is 16.1. The van der Waals surface area contributed by atoms with Gasteiger partial charge >= 0.3 is 0 Å². The molecule has 1 fully saturated rings. The molecule has 0 amide bonds. The molecule has 0 aromatic heterocycles. The van der Waals surface area contributed by atoms with E-state index < -0.39 is 0 Å². The van der Waals surface area contributed by atoms with Crippen molar-refractivity contribution >= 4 is 5.78 Å². The van der Waals surface area contributed by atoms with Crippen LogP contribution in [0, 0.1) is 5.41 Å². The smallest absolute Gasteiger partial charge is 0.133 e. The van der Waals surface area contributed by atoms with Crippen LogP contribution in [0.3, 0.4) is 0 Å². The van der Waals surface area contributed by atoms with Crippen LogP contribution in [-0.4, -0.2) is 5.78 Å². The molecule has 66 valence electrons. The number of ketones is 1. The zero-order chi connectivity index (χ0) is 8.44. The monoisotopic (exact) mass is 164 g/mol. The Morgan fingerprint density at radius 1 is 1.25 bits per heavy atom. The van der Waals surface area contributed by atoms with E-state index in [1.165, 1.54) is 25.7 Å². The van der Waals surface area contributed by atoms with Crippen LogP contribution >= 0.6 is 0 Å². The normalized spacial score (nSPS) is 35.8. The molecule has 2 rings (SSSR count). The summed E-state index contributed by atoms with van der Waals surface area (Å²) in [5, 5.41) is 0. The maximum atomic E-state index is 11.3. The van der Waals surface area contributed by atoms with Gasteiger partial charge in [-0.15, -0.1) is 0 Å². The third-order valence-corrected chi connectivity index (χ3v) is 3.20. The van der Waals surface area contributed by atoms with Gasteiger partial charge in [-0.1, -0.05) is 12.2 Å². The van der Waals surface area contributed by atoms with Gasteiger partial charge in [0.15, 0.2) is 0 Å². The van der Waals surface area contributed by atoms with E-state index in [4.69, 9.17) is 0 Å². The lowest BCUT2D eigenvalue weighted by molar-refractivity contribution is -0.122. The van der Waals surface area contributed by atoms with E-state index in [0.29, 0.717) is 11.2 Å². The van der Waals surface area contributed by atoms with Crippen molar-refractivity contribution in [2.45, 2.75) is 44.9 Å². The van der Waals surface area contributed by atoms with Gasteiger partial charge in [0, 0.05) is 12.8 Å². The molecule has 0 aromatic rings. The summed E-state index contributed by atoms with van der Waals surface area (Å²) in [4.78, 5) is 11.3. The topological polar surface area (TPSA) is 17.1 Å². The summed E-state index contributed by atoms with van der Waals surface area (Å²) in [5.41, 5.74) is 0.299. The fraction of sp³-hybridized carbons (Fsp3) is 0.727. The molecule has 12 heavy (non-hydrogen) atoms. The summed E-state index contributed by atoms with van der Waals surface area (Å²) < 4.78 is 0. The summed E-state index contributed by atoms with van der Waals surface area (Å²) in [6, 6.07) is 0. The van der Waals surface area contributed by atoms with Gasteiger partial charge in [-0.2, -0.15) is 0 Å². The number of allylic oxidation sites excluding steroid dienone is 2. The second-order valence-electron chi connectivity index (χ2n) is 4.23. The van der Waals surface area contributed by atoms with Crippen molar-refractivity contribution in [1.29, 1.82) is 0 Å². The zero-order valence-corrected chi connectivity index (χ0v) is 7.51. The highest BCUT2D eigenvalue weighted by Gasteiger charge is 2.33. The minimum Gasteiger partial charge on any atom is -0.300 e. The van der Waals surface area contributed by atoms with E-state index in [9.17, 15) is 4.79 Å². The third-order valence-electron chi connectivity index (χ3n) is 3.20. The van der Waals surface area contributed by atoms with Crippen LogP contribution in [0.5, 0.6) is 0 Å². The fourth-order valence-electron chi connectivity index (χ4n) is 2.55. The van der Waals surface area contributed by atoms with E-state index >= 15 is 0 Å². The lowest BCUT2D eigenvalue weighted by atomic mass is 9.68. The van der Waals surface area contributed by atoms with Crippen LogP contribution in [0.15, 0.2) is 12.2 Å². The molecular formula is C11H16O. The van der Waals surface area contributed by atoms with Crippen molar-refractivity contribution in [1.82, 2.24) is 0 Å². The van der Waals surface area contributed by atoms with Gasteiger partial charge < -0.3 is 0 Å². The van der Waals surface area contributed by atoms with Crippen molar-refractivity contribution in [3.05, 3.63) is 12.2 Å². The van der Waals surface area contributed by atoms with Crippen molar-refractivity contribution < 1.29 is 4.79 Å². The molecule has 1 spiro atoms. The molecule has 0 N–H and O–H groups in total. The van der Waals surface area contributed by atoms with E-state index in [0.717, 1.165) is 19.3 Å². The molecule has 2 aliphatic rings. The van der Waals surface area contributed by atoms with Crippen LogP contribution in [-0.2, 0) is 4.79 Å². The molecular weight excluding hydrogens is 148 g/mol. The Morgan fingerprint density at radius 3 is 2.75 bits per heavy atom. The first-order valence-corrected chi connectivity index (χ1v) is 5.00. The molecule has 1 atom stereocenters. The summed E-state index contributed by atoms with van der Waals surface area (Å²) in [6.45, 7) is 0. The number of rotatable bonds is 0. The molecule has 0 unspecified atom stereocenters. The average molecular weight is 164 g/mol. The number of carbonyl (C=O) groups excluding carboxylic acids is 1. The second kappa shape index (κ2) is 3.04. The molecule has 0 bridgehead atoms. The van der Waals surface area contributed by atoms with Gasteiger partial charge in [0.1, 0.15) is 5.78 Å². The molecule has 1 nitrogen and oxygen atoms in total. The molecule has 0 heterocycles. The maximum Gasteiger partial charge on any atom is 0.133 e. The minimum atomic E-state index is 0.299. The Morgan fingerprint density at radius 2 is 2.08 bits per heavy atom. The van der Waals surface area contributed by atoms with E-state index in [1.807, 2.05) is 0 Å². The quantitative estimate of drug-likeness (QED) is 0.503. The Hall–Kier alpha value is -0.590. The van der Waals surface area contributed by atoms with Gasteiger partial charge in [0.05, 0.1) is 0 Å². The first kappa shape index (κ1) is 8.03. The molecule has 0 radical (unpaired) electrons. The van der Waals surface area contributed by atoms with Crippen molar-refractivity contribution in [3.8, 4) is 0 Å². The van der Waals surface area contributed by atoms with Crippen molar-refractivity contribution in [2.75, 3.05) is 0 Å². The van der Waals surface area contributed by atoms with Gasteiger partial charge in [0.25, 0.3) is 0 Å². The SMILES string of the molecule is O=C1CCC[C@@]2(C=CCCC2)C1. The number of Topliss-reactive ketones (excluding diaryl/α,β-unsaturated/α-hetero) is 1. The van der Waals surface area contributed by atoms with E-state index in [2.05, 4.69) is 12.2 Å². The first-order valence-electron chi connectivity index (χ1n) is 5.00. The van der Waals surface area contributed by atoms with Crippen LogP contribution < -0.4 is 0 Å². The Kier molecular flexibility index (Phi) is 2.03. The Bertz CT molecular complexity index is 217. The largest absolute Gasteiger partial charge is 0.300 e. The van der Waals surface area contributed by atoms with Crippen LogP contribution in [0.2, 0.25) is 0 Å². The fourth-order valence-corrected chi connectivity index (χ4v) is 2.55. The highest BCUT2D eigenvalue weighted by molar-refractivity contribution is 5.80. The van der Waals surface area contributed by atoms with Gasteiger partial charge in [-0.25, -0.2) is 0 Å². The predicted octanol–water partition coefficient (Wildman–Crippen LogP) is 2.86. The van der Waals surface area contributed by atoms with E-state index in [1.54, 1.807) is 0 Å². The van der Waals surface area contributed by atoms with Crippen LogP contribution in [0.4, 0.5) is 0 Å². The van der Waals surface area contributed by atoms with Crippen molar-refractivity contribution in [2.24, 2.45) is 5.41 Å². The lowest BCUT2D eigenvalue weighted by Crippen LogP contribution is -2.28. The molecule has 0 aliphatic heterocycles. The number of hydrogen-bond acceptors (Lipinski definition) is 1. The van der Waals surface area contributed by atoms with Gasteiger partial charge in [-0.05, 0) is 37.5 Å². The predicted molar refractivity (Wildman–Crippen MR) is 48.9 cm³/mol. The molecule has 1 saturated carbocycles. The van der Waals surface area contributed by atoms with Gasteiger partial charge in [-0.3, -0.25) is 4.79 Å². The number of carbonyl (C=O) groups is 1. The first-order chi connectivity index (χ1) is 5.81. The van der Waals surface area contributed by atoms with Crippen molar-refractivity contribution in [3.63, 3.8) is 0 Å². The highest BCUT2D eigenvalue weighted by Crippen LogP contribution is 2.42. The summed E-state index contributed by atoms with van der Waals surface area (Å²) in [5.74, 6) is 0.479. The summed E-state index contributed by atoms with van der Waals surface area (Å²) in [6.07, 6.45) is 12.3. The van der Waals surface area contributed by atoms with Crippen LogP contribution in [0.1, 0.15) is 44.9 Å². The third kappa shape index (κ3) is 1.45. The van der Waals surface area contributed by atoms with E-state index in [-0.39, 0.29) is 0 Å². The lowest BCUT2D eigenvalue weighted by Gasteiger charge is -2.35. The second-order valence-corrected chi connectivity index (χ2v) is 4.23. The van der Waals surface area contributed by atoms with Crippen LogP contribution in [0.25, 0.3) is 0 Å². The zero-order valence-electron chi connectivity index (χ0n) is 7.51. The molecule has 1 heteroatoms. The summed E-state index contributed by atoms with van der Waals surface area (Å²) >= 11 is 0. The van der Waals surface area contributed by atoms with Gasteiger partial charge in [0.2, 0.25) is 0 Å². The molecule has 2 aliphatic carbocycles. The molecule has 0 aromatic carbocycles. The molecule has 0 saturated heterocycles. The minimum absolute atomic E-state index is 0.299. The Labute approximate surface area is 73.8 Å². The summed E-state index contributed by atoms with van der Waals surface area (Å²) in [7, 11) is 0.